The molecule has 0 saturated carbocycles. The van der Waals surface area contributed by atoms with E-state index in [2.05, 4.69) is 4.74 Å². The number of amides is 1. The summed E-state index contributed by atoms with van der Waals surface area (Å²) in [4.78, 5) is 11.6. The topological polar surface area (TPSA) is 61.6 Å². The van der Waals surface area contributed by atoms with Gasteiger partial charge in [-0.3, -0.25) is 4.79 Å². The lowest BCUT2D eigenvalue weighted by Crippen LogP contribution is -2.39. The normalized spacial score (nSPS) is 20.0. The SMILES string of the molecule is [2H]COc1c(OC2=CC(C(F)(F)F)C(Cl)(Cl)C=C2C(N)=O)ccc(F)c1F. The predicted octanol–water partition coefficient (Wildman–Crippen LogP) is 4.01. The number of carbonyl (C=O) groups excluding carboxylic acids is 1. The molecule has 1 amide bonds. The third-order valence-corrected chi connectivity index (χ3v) is 4.02. The summed E-state index contributed by atoms with van der Waals surface area (Å²) in [5, 5.41) is 0. The minimum absolute atomic E-state index is 0.395. The zero-order valence-corrected chi connectivity index (χ0v) is 14.1. The van der Waals surface area contributed by atoms with E-state index in [0.29, 0.717) is 18.2 Å². The van der Waals surface area contributed by atoms with Crippen LogP contribution in [0.4, 0.5) is 22.0 Å². The number of halogens is 7. The number of nitrogens with two attached hydrogens (primary N) is 1. The highest BCUT2D eigenvalue weighted by Gasteiger charge is 2.53. The standard InChI is InChI=1S/C15H10Cl2F5NO3/c1-25-12-8(3-2-7(18)11(12)19)26-9-4-10(15(20,21)22)14(16,17)5-6(9)13(23)24/h2-5,10H,1H3,(H2,23,24)/i1D. The number of carbonyl (C=O) groups is 1. The van der Waals surface area contributed by atoms with Crippen LogP contribution in [0.15, 0.2) is 35.6 Å². The summed E-state index contributed by atoms with van der Waals surface area (Å²) in [5.74, 6) is -8.78. The Kier molecular flexibility index (Phi) is 5.03. The van der Waals surface area contributed by atoms with E-state index in [0.717, 1.165) is 6.07 Å². The highest BCUT2D eigenvalue weighted by atomic mass is 35.5. The van der Waals surface area contributed by atoms with E-state index in [4.69, 9.17) is 35.0 Å². The van der Waals surface area contributed by atoms with Gasteiger partial charge in [-0.05, 0) is 24.3 Å². The molecule has 0 heterocycles. The molecule has 0 aliphatic heterocycles. The molecule has 0 bridgehead atoms. The Balaban J connectivity index is 2.55. The number of hydrogen-bond donors (Lipinski definition) is 1. The van der Waals surface area contributed by atoms with Gasteiger partial charge in [0.15, 0.2) is 15.9 Å². The van der Waals surface area contributed by atoms with Crippen molar-refractivity contribution in [3.63, 3.8) is 0 Å². The molecule has 11 heteroatoms. The lowest BCUT2D eigenvalue weighted by atomic mass is 9.93. The van der Waals surface area contributed by atoms with Crippen molar-refractivity contribution < 1.29 is 37.6 Å². The first-order chi connectivity index (χ1) is 12.4. The fourth-order valence-corrected chi connectivity index (χ4v) is 2.74. The largest absolute Gasteiger partial charge is 0.490 e. The van der Waals surface area contributed by atoms with Crippen LogP contribution in [0.2, 0.25) is 0 Å². The van der Waals surface area contributed by atoms with Crippen LogP contribution >= 0.6 is 23.2 Å². The molecule has 2 N–H and O–H groups in total. The number of allylic oxidation sites excluding steroid dienone is 2. The van der Waals surface area contributed by atoms with Crippen molar-refractivity contribution in [1.29, 1.82) is 0 Å². The molecule has 1 aromatic rings. The first-order valence-electron chi connectivity index (χ1n) is 7.36. The molecule has 26 heavy (non-hydrogen) atoms. The Morgan fingerprint density at radius 1 is 1.35 bits per heavy atom. The van der Waals surface area contributed by atoms with Gasteiger partial charge in [-0.25, -0.2) is 4.39 Å². The highest BCUT2D eigenvalue weighted by molar-refractivity contribution is 6.50. The van der Waals surface area contributed by atoms with E-state index in [1.165, 1.54) is 0 Å². The van der Waals surface area contributed by atoms with Gasteiger partial charge >= 0.3 is 6.18 Å². The Morgan fingerprint density at radius 3 is 2.54 bits per heavy atom. The van der Waals surface area contributed by atoms with Gasteiger partial charge in [-0.1, -0.05) is 23.2 Å². The average molecular weight is 419 g/mol. The van der Waals surface area contributed by atoms with E-state index in [1.807, 2.05) is 0 Å². The number of alkyl halides is 5. The third kappa shape index (κ3) is 3.88. The van der Waals surface area contributed by atoms with Crippen molar-refractivity contribution in [1.82, 2.24) is 0 Å². The van der Waals surface area contributed by atoms with Gasteiger partial charge in [0.1, 0.15) is 11.7 Å². The zero-order chi connectivity index (χ0) is 20.6. The van der Waals surface area contributed by atoms with Crippen molar-refractivity contribution >= 4 is 29.1 Å². The molecule has 1 atom stereocenters. The number of ether oxygens (including phenoxy) is 2. The molecule has 0 radical (unpaired) electrons. The smallest absolute Gasteiger partial charge is 0.398 e. The first-order valence-corrected chi connectivity index (χ1v) is 7.41. The zero-order valence-electron chi connectivity index (χ0n) is 13.5. The summed E-state index contributed by atoms with van der Waals surface area (Å²) >= 11 is 11.3. The number of methoxy groups -OCH3 is 1. The minimum Gasteiger partial charge on any atom is -0.490 e. The molecule has 1 aliphatic carbocycles. The van der Waals surface area contributed by atoms with E-state index < -0.39 is 63.9 Å². The van der Waals surface area contributed by atoms with Crippen LogP contribution in [-0.2, 0) is 4.79 Å². The van der Waals surface area contributed by atoms with Crippen LogP contribution < -0.4 is 15.2 Å². The number of primary amides is 1. The summed E-state index contributed by atoms with van der Waals surface area (Å²) in [6, 6.07) is 1.46. The van der Waals surface area contributed by atoms with Gasteiger partial charge in [0.05, 0.1) is 14.0 Å². The molecular formula is C15H10Cl2F5NO3. The monoisotopic (exact) mass is 418 g/mol. The van der Waals surface area contributed by atoms with Gasteiger partial charge in [-0.2, -0.15) is 17.6 Å². The van der Waals surface area contributed by atoms with Crippen LogP contribution in [0.5, 0.6) is 11.5 Å². The van der Waals surface area contributed by atoms with Crippen molar-refractivity contribution in [2.24, 2.45) is 11.7 Å². The highest BCUT2D eigenvalue weighted by Crippen LogP contribution is 2.48. The summed E-state index contributed by atoms with van der Waals surface area (Å²) in [7, 11) is -0.841. The molecule has 4 nitrogen and oxygen atoms in total. The van der Waals surface area contributed by atoms with Gasteiger partial charge in [0.25, 0.3) is 5.91 Å². The van der Waals surface area contributed by atoms with Crippen molar-refractivity contribution in [3.8, 4) is 11.5 Å². The summed E-state index contributed by atoms with van der Waals surface area (Å²) in [6.45, 7) is 0. The maximum Gasteiger partial charge on any atom is 0.398 e. The second-order valence-electron chi connectivity index (χ2n) is 5.08. The van der Waals surface area contributed by atoms with E-state index >= 15 is 0 Å². The second kappa shape index (κ2) is 6.96. The van der Waals surface area contributed by atoms with E-state index in [9.17, 15) is 26.7 Å². The van der Waals surface area contributed by atoms with Gasteiger partial charge in [0, 0.05) is 0 Å². The Hall–Kier alpha value is -2.00. The molecule has 142 valence electrons. The maximum atomic E-state index is 13.8. The number of benzene rings is 1. The molecule has 1 aliphatic rings. The molecule has 1 unspecified atom stereocenters. The van der Waals surface area contributed by atoms with Crippen LogP contribution in [0.25, 0.3) is 0 Å². The van der Waals surface area contributed by atoms with Crippen LogP contribution in [0.3, 0.4) is 0 Å². The number of rotatable bonds is 4. The molecule has 0 spiro atoms. The minimum atomic E-state index is -4.92. The lowest BCUT2D eigenvalue weighted by Gasteiger charge is -2.31. The van der Waals surface area contributed by atoms with Gasteiger partial charge in [0.2, 0.25) is 11.6 Å². The number of hydrogen-bond acceptors (Lipinski definition) is 3. The van der Waals surface area contributed by atoms with Crippen LogP contribution in [0, 0.1) is 17.6 Å². The Morgan fingerprint density at radius 2 is 2.00 bits per heavy atom. The molecule has 2 rings (SSSR count). The molecule has 1 aromatic carbocycles. The molecular weight excluding hydrogens is 408 g/mol. The fourth-order valence-electron chi connectivity index (χ4n) is 2.15. The second-order valence-corrected chi connectivity index (χ2v) is 6.53. The lowest BCUT2D eigenvalue weighted by molar-refractivity contribution is -0.162. The average Bonchev–Trinajstić information content (AvgIpc) is 2.53. The summed E-state index contributed by atoms with van der Waals surface area (Å²) < 4.78 is 81.0. The van der Waals surface area contributed by atoms with Crippen molar-refractivity contribution in [3.05, 3.63) is 47.3 Å². The Bertz CT molecular complexity index is 826. The fraction of sp³-hybridized carbons (Fsp3) is 0.267. The van der Waals surface area contributed by atoms with Crippen LogP contribution in [-0.4, -0.2) is 23.5 Å². The molecule has 0 aromatic heterocycles. The van der Waals surface area contributed by atoms with Gasteiger partial charge < -0.3 is 15.2 Å². The predicted molar refractivity (Wildman–Crippen MR) is 82.9 cm³/mol. The molecule has 0 saturated heterocycles. The maximum absolute atomic E-state index is 13.8. The molecule has 0 fully saturated rings. The van der Waals surface area contributed by atoms with Crippen molar-refractivity contribution in [2.75, 3.05) is 7.09 Å². The van der Waals surface area contributed by atoms with Crippen LogP contribution in [0.1, 0.15) is 1.37 Å². The summed E-state index contributed by atoms with van der Waals surface area (Å²) in [5.41, 5.74) is 4.51. The quantitative estimate of drug-likeness (QED) is 0.593. The first kappa shape index (κ1) is 18.8. The summed E-state index contributed by atoms with van der Waals surface area (Å²) in [6.07, 6.45) is -3.98. The van der Waals surface area contributed by atoms with Gasteiger partial charge in [-0.15, -0.1) is 0 Å². The Labute approximate surface area is 155 Å². The van der Waals surface area contributed by atoms with E-state index in [-0.39, 0.29) is 0 Å². The third-order valence-electron chi connectivity index (χ3n) is 3.33. The van der Waals surface area contributed by atoms with Crippen molar-refractivity contribution in [2.45, 2.75) is 10.5 Å². The van der Waals surface area contributed by atoms with E-state index in [1.54, 1.807) is 0 Å².